The van der Waals surface area contributed by atoms with Gasteiger partial charge in [-0.1, -0.05) is 12.1 Å². The first-order valence-corrected chi connectivity index (χ1v) is 23.7. The van der Waals surface area contributed by atoms with Gasteiger partial charge in [0, 0.05) is 112 Å². The molecule has 4 aromatic carbocycles. The third-order valence-corrected chi connectivity index (χ3v) is 13.6. The first-order valence-electron chi connectivity index (χ1n) is 23.7. The Hall–Kier alpha value is -8.17. The number of hydrogen-bond acceptors (Lipinski definition) is 9. The predicted molar refractivity (Wildman–Crippen MR) is 274 cm³/mol. The normalized spacial score (nSPS) is 13.7. The quantitative estimate of drug-likeness (QED) is 0.0727. The fraction of sp³-hybridized carbons (Fsp3) is 0.259. The van der Waals surface area contributed by atoms with Crippen molar-refractivity contribution in [1.82, 2.24) is 10.2 Å². The van der Waals surface area contributed by atoms with Crippen LogP contribution in [0, 0.1) is 32.6 Å². The fourth-order valence-electron chi connectivity index (χ4n) is 10.0. The molecule has 3 heterocycles. The van der Waals surface area contributed by atoms with Crippen LogP contribution in [-0.4, -0.2) is 64.6 Å². The number of carbonyl (C=O) groups excluding carboxylic acids is 2. The van der Waals surface area contributed by atoms with E-state index in [1.807, 2.05) is 38.1 Å². The van der Waals surface area contributed by atoms with Gasteiger partial charge in [0.15, 0.2) is 5.43 Å². The minimum absolute atomic E-state index is 0.0578. The van der Waals surface area contributed by atoms with Crippen molar-refractivity contribution in [3.05, 3.63) is 146 Å². The summed E-state index contributed by atoms with van der Waals surface area (Å²) in [6, 6.07) is 27.6. The number of nitrogens with one attached hydrogen (secondary N) is 2. The number of aromatic hydroxyl groups is 1. The number of carbonyl (C=O) groups is 3. The highest BCUT2D eigenvalue weighted by Crippen LogP contribution is 2.44. The Labute approximate surface area is 405 Å². The Morgan fingerprint density at radius 2 is 1.44 bits per heavy atom. The summed E-state index contributed by atoms with van der Waals surface area (Å²) in [7, 11) is 0. The van der Waals surface area contributed by atoms with E-state index in [4.69, 9.17) is 13.8 Å². The van der Waals surface area contributed by atoms with Crippen molar-refractivity contribution in [2.24, 2.45) is 4.99 Å². The molecule has 0 radical (unpaired) electrons. The van der Waals surface area contributed by atoms with E-state index in [1.165, 1.54) is 30.3 Å². The average molecular weight is 935 g/mol. The highest BCUT2D eigenvalue weighted by molar-refractivity contribution is 6.09. The summed E-state index contributed by atoms with van der Waals surface area (Å²) in [6.45, 7) is 14.1. The molecule has 1 saturated heterocycles. The highest BCUT2D eigenvalue weighted by Gasteiger charge is 2.38. The van der Waals surface area contributed by atoms with Crippen LogP contribution in [0.25, 0.3) is 66.8 Å². The number of aromatic carboxylic acids is 1. The lowest BCUT2D eigenvalue weighted by molar-refractivity contribution is 0.0609. The van der Waals surface area contributed by atoms with E-state index in [0.29, 0.717) is 73.0 Å². The molecule has 0 aromatic heterocycles. The number of carboxylic acid groups (broad SMARTS) is 1. The van der Waals surface area contributed by atoms with Crippen molar-refractivity contribution < 1.29 is 33.4 Å². The highest BCUT2D eigenvalue weighted by atomic mass is 16.4. The lowest BCUT2D eigenvalue weighted by Crippen LogP contribution is -2.56. The number of nitrogens with zero attached hydrogens (tertiary/aromatic N) is 2. The number of fused-ring (bicyclic) bond motifs is 4. The molecule has 9 rings (SSSR count). The van der Waals surface area contributed by atoms with Crippen molar-refractivity contribution in [3.63, 3.8) is 0 Å². The van der Waals surface area contributed by atoms with Gasteiger partial charge in [-0.15, -0.1) is 11.8 Å². The van der Waals surface area contributed by atoms with Gasteiger partial charge in [-0.05, 0) is 149 Å². The maximum Gasteiger partial charge on any atom is 0.336 e. The first-order chi connectivity index (χ1) is 33.7. The molecular weight excluding hydrogens is 881 g/mol. The van der Waals surface area contributed by atoms with E-state index in [1.54, 1.807) is 36.1 Å². The van der Waals surface area contributed by atoms with Gasteiger partial charge in [-0.3, -0.25) is 19.4 Å². The van der Waals surface area contributed by atoms with Gasteiger partial charge in [0.2, 0.25) is 0 Å². The zero-order valence-corrected chi connectivity index (χ0v) is 40.1. The van der Waals surface area contributed by atoms with Crippen LogP contribution in [0.15, 0.2) is 116 Å². The van der Waals surface area contributed by atoms with Gasteiger partial charge in [0.1, 0.15) is 28.4 Å². The summed E-state index contributed by atoms with van der Waals surface area (Å²) in [4.78, 5) is 60.3. The molecule has 70 heavy (non-hydrogen) atoms. The number of carboxylic acids is 1. The molecule has 12 nitrogen and oxygen atoms in total. The molecule has 0 atom stereocenters. The van der Waals surface area contributed by atoms with Gasteiger partial charge in [0.05, 0.1) is 10.9 Å². The van der Waals surface area contributed by atoms with Crippen LogP contribution in [0.3, 0.4) is 0 Å². The Kier molecular flexibility index (Phi) is 12.8. The van der Waals surface area contributed by atoms with E-state index < -0.39 is 11.5 Å². The molecule has 354 valence electrons. The molecule has 0 bridgehead atoms. The molecule has 5 aliphatic rings. The van der Waals surface area contributed by atoms with Gasteiger partial charge in [-0.2, -0.15) is 0 Å². The fourth-order valence-corrected chi connectivity index (χ4v) is 10.0. The SMILES string of the molecule is CC#CCCC1(NC(=O)c2ccc(-c3c4cc(C)c(=NCC)cc-4oc4cc(NCC)c(C)cc34)c(C)c2)CCN(C(=O)c2ccc(-c3c4ccc(=O)cc-4oc4cc(O)ccc34)c(C(=O)O)c2)CC1. The summed E-state index contributed by atoms with van der Waals surface area (Å²) < 4.78 is 12.6. The number of hydrogen-bond donors (Lipinski definition) is 4. The monoisotopic (exact) mass is 934 g/mol. The standard InChI is InChI=1S/C58H54N4O8/c1-7-10-11-20-58(61-55(65)36-12-16-40(33(4)25-36)53-45-26-34(5)47(59-8-2)31-51(45)70-52-32-48(60-9-3)35(6)27-46(52)53)21-23-62(24-22-58)56(66)37-13-17-41(44(28-37)57(67)68)54-42-18-14-38(63)29-49(42)69-50-30-39(64)15-19-43(50)54/h12-19,25-32,59,63H,8-9,11,20-24H2,1-6H3,(H,61,65)(H,67,68). The molecule has 2 amide bonds. The number of phenolic OH excluding ortho intramolecular Hbond substituents is 1. The minimum Gasteiger partial charge on any atom is -0.508 e. The van der Waals surface area contributed by atoms with Crippen molar-refractivity contribution in [1.29, 1.82) is 0 Å². The summed E-state index contributed by atoms with van der Waals surface area (Å²) in [6.07, 6.45) is 2.06. The lowest BCUT2D eigenvalue weighted by atomic mass is 9.82. The zero-order valence-electron chi connectivity index (χ0n) is 40.1. The number of benzene rings is 6. The Balaban J connectivity index is 0.995. The van der Waals surface area contributed by atoms with Gasteiger partial charge in [0.25, 0.3) is 11.8 Å². The molecule has 0 unspecified atom stereocenters. The van der Waals surface area contributed by atoms with Crippen LogP contribution in [0.1, 0.15) is 94.2 Å². The van der Waals surface area contributed by atoms with Crippen LogP contribution in [0.4, 0.5) is 5.69 Å². The average Bonchev–Trinajstić information content (AvgIpc) is 3.33. The number of likely N-dealkylation sites (tertiary alicyclic amines) is 1. The molecule has 4 N–H and O–H groups in total. The van der Waals surface area contributed by atoms with Crippen LogP contribution in [0.5, 0.6) is 5.75 Å². The number of anilines is 1. The maximum atomic E-state index is 14.4. The summed E-state index contributed by atoms with van der Waals surface area (Å²) in [5.74, 6) is 5.23. The molecular formula is C58H54N4O8. The Morgan fingerprint density at radius 3 is 2.16 bits per heavy atom. The third kappa shape index (κ3) is 8.87. The van der Waals surface area contributed by atoms with Gasteiger partial charge < -0.3 is 34.6 Å². The largest absolute Gasteiger partial charge is 0.508 e. The zero-order chi connectivity index (χ0) is 49.4. The smallest absolute Gasteiger partial charge is 0.336 e. The third-order valence-electron chi connectivity index (χ3n) is 13.6. The number of piperidine rings is 1. The van der Waals surface area contributed by atoms with Crippen molar-refractivity contribution in [2.45, 2.75) is 72.8 Å². The van der Waals surface area contributed by atoms with Crippen LogP contribution < -0.4 is 21.4 Å². The van der Waals surface area contributed by atoms with E-state index in [2.05, 4.69) is 61.4 Å². The number of phenols is 1. The van der Waals surface area contributed by atoms with Crippen molar-refractivity contribution in [3.8, 4) is 62.5 Å². The van der Waals surface area contributed by atoms with E-state index >= 15 is 0 Å². The van der Waals surface area contributed by atoms with Crippen LogP contribution >= 0.6 is 0 Å². The lowest BCUT2D eigenvalue weighted by Gasteiger charge is -2.42. The first kappa shape index (κ1) is 46.9. The summed E-state index contributed by atoms with van der Waals surface area (Å²) in [5, 5.41) is 30.0. The van der Waals surface area contributed by atoms with Crippen molar-refractivity contribution >= 4 is 45.4 Å². The predicted octanol–water partition coefficient (Wildman–Crippen LogP) is 11.0. The van der Waals surface area contributed by atoms with Gasteiger partial charge >= 0.3 is 5.97 Å². The maximum absolute atomic E-state index is 14.4. The Bertz CT molecular complexity index is 3550. The molecule has 0 saturated carbocycles. The molecule has 12 heteroatoms. The number of aryl methyl sites for hydroxylation is 3. The molecule has 3 aliphatic heterocycles. The summed E-state index contributed by atoms with van der Waals surface area (Å²) in [5.41, 5.74) is 9.00. The topological polar surface area (TPSA) is 175 Å². The van der Waals surface area contributed by atoms with E-state index in [0.717, 1.165) is 67.7 Å². The van der Waals surface area contributed by atoms with E-state index in [-0.39, 0.29) is 45.5 Å². The van der Waals surface area contributed by atoms with Crippen LogP contribution in [0.2, 0.25) is 0 Å². The number of rotatable bonds is 11. The van der Waals surface area contributed by atoms with Crippen molar-refractivity contribution in [2.75, 3.05) is 31.5 Å². The minimum atomic E-state index is -1.24. The molecule has 1 fully saturated rings. The second-order valence-electron chi connectivity index (χ2n) is 18.1. The van der Waals surface area contributed by atoms with E-state index in [9.17, 15) is 29.4 Å². The number of amides is 2. The van der Waals surface area contributed by atoms with Gasteiger partial charge in [-0.25, -0.2) is 4.79 Å². The molecule has 4 aromatic rings. The molecule has 0 spiro atoms. The second kappa shape index (κ2) is 19.1. The summed E-state index contributed by atoms with van der Waals surface area (Å²) >= 11 is 0. The molecule has 2 aliphatic carbocycles. The Morgan fingerprint density at radius 1 is 0.743 bits per heavy atom. The second-order valence-corrected chi connectivity index (χ2v) is 18.1. The van der Waals surface area contributed by atoms with Crippen LogP contribution in [-0.2, 0) is 0 Å².